The fourth-order valence-corrected chi connectivity index (χ4v) is 6.00. The number of nitrogens with one attached hydrogen (secondary N) is 1. The van der Waals surface area contributed by atoms with Crippen LogP contribution in [0.5, 0.6) is 0 Å². The summed E-state index contributed by atoms with van der Waals surface area (Å²) < 4.78 is 29.1. The Kier molecular flexibility index (Phi) is 7.10. The number of rotatable bonds is 5. The highest BCUT2D eigenvalue weighted by atomic mass is 35.5. The van der Waals surface area contributed by atoms with Crippen molar-refractivity contribution in [3.05, 3.63) is 87.4 Å². The molecule has 3 aromatic carbocycles. The normalized spacial score (nSPS) is 14.2. The number of anilines is 2. The summed E-state index contributed by atoms with van der Waals surface area (Å²) in [6.45, 7) is 10.1. The number of hydrogen-bond acceptors (Lipinski definition) is 4. The molecule has 0 aliphatic carbocycles. The lowest BCUT2D eigenvalue weighted by Crippen LogP contribution is -2.49. The molecule has 0 radical (unpaired) electrons. The number of amides is 1. The van der Waals surface area contributed by atoms with Crippen LogP contribution in [-0.2, 0) is 10.0 Å². The van der Waals surface area contributed by atoms with E-state index in [2.05, 4.69) is 9.62 Å². The zero-order chi connectivity index (χ0) is 25.3. The molecule has 0 spiro atoms. The molecular formula is C27H30ClN3O3S. The fraction of sp³-hybridized carbons (Fsp3) is 0.296. The minimum Gasteiger partial charge on any atom is -0.368 e. The van der Waals surface area contributed by atoms with Crippen molar-refractivity contribution in [2.24, 2.45) is 0 Å². The summed E-state index contributed by atoms with van der Waals surface area (Å²) in [6, 6.07) is 16.2. The van der Waals surface area contributed by atoms with Crippen molar-refractivity contribution in [2.75, 3.05) is 35.8 Å². The molecule has 8 heteroatoms. The maximum absolute atomic E-state index is 13.3. The Morgan fingerprint density at radius 1 is 0.829 bits per heavy atom. The van der Waals surface area contributed by atoms with Crippen LogP contribution < -0.4 is 9.62 Å². The molecule has 0 bridgehead atoms. The molecule has 0 unspecified atom stereocenters. The van der Waals surface area contributed by atoms with Gasteiger partial charge in [0.1, 0.15) is 0 Å². The van der Waals surface area contributed by atoms with Crippen LogP contribution in [0.15, 0.2) is 59.5 Å². The van der Waals surface area contributed by atoms with E-state index in [0.29, 0.717) is 48.0 Å². The van der Waals surface area contributed by atoms with E-state index in [1.54, 1.807) is 36.1 Å². The second kappa shape index (κ2) is 9.91. The van der Waals surface area contributed by atoms with Gasteiger partial charge < -0.3 is 9.80 Å². The molecule has 1 N–H and O–H groups in total. The number of carbonyl (C=O) groups is 1. The quantitative estimate of drug-likeness (QED) is 0.502. The van der Waals surface area contributed by atoms with E-state index in [1.165, 1.54) is 6.07 Å². The summed E-state index contributed by atoms with van der Waals surface area (Å²) in [4.78, 5) is 17.4. The van der Waals surface area contributed by atoms with E-state index in [4.69, 9.17) is 11.6 Å². The third-order valence-electron chi connectivity index (χ3n) is 6.28. The zero-order valence-corrected chi connectivity index (χ0v) is 22.0. The Hall–Kier alpha value is -3.03. The lowest BCUT2D eigenvalue weighted by atomic mass is 10.1. The Balaban J connectivity index is 1.51. The van der Waals surface area contributed by atoms with E-state index in [9.17, 15) is 13.2 Å². The maximum Gasteiger partial charge on any atom is 0.262 e. The molecule has 6 nitrogen and oxygen atoms in total. The lowest BCUT2D eigenvalue weighted by molar-refractivity contribution is 0.0746. The molecule has 35 heavy (non-hydrogen) atoms. The van der Waals surface area contributed by atoms with Gasteiger partial charge in [0, 0.05) is 48.1 Å². The van der Waals surface area contributed by atoms with Gasteiger partial charge in [-0.2, -0.15) is 0 Å². The average Bonchev–Trinajstić information content (AvgIpc) is 2.79. The molecule has 1 aliphatic heterocycles. The molecule has 4 rings (SSSR count). The highest BCUT2D eigenvalue weighted by molar-refractivity contribution is 7.92. The minimum atomic E-state index is -3.86. The third kappa shape index (κ3) is 5.63. The second-order valence-corrected chi connectivity index (χ2v) is 11.3. The molecule has 1 aliphatic rings. The van der Waals surface area contributed by atoms with Crippen LogP contribution in [-0.4, -0.2) is 45.4 Å². The van der Waals surface area contributed by atoms with Crippen LogP contribution in [0.2, 0.25) is 5.02 Å². The van der Waals surface area contributed by atoms with Crippen LogP contribution >= 0.6 is 11.6 Å². The standard InChI is InChI=1S/C27H30ClN3O3S/c1-18-13-19(2)15-24(14-18)29-35(33,34)26-16-22(7-5-21(26)4)27(32)31-11-9-30(10-12-31)25-17-23(28)8-6-20(25)3/h5-8,13-17,29H,9-12H2,1-4H3. The molecular weight excluding hydrogens is 482 g/mol. The largest absolute Gasteiger partial charge is 0.368 e. The first kappa shape index (κ1) is 25.1. The third-order valence-corrected chi connectivity index (χ3v) is 8.04. The van der Waals surface area contributed by atoms with Crippen LogP contribution in [0.1, 0.15) is 32.6 Å². The van der Waals surface area contributed by atoms with Crippen molar-refractivity contribution in [3.63, 3.8) is 0 Å². The van der Waals surface area contributed by atoms with E-state index >= 15 is 0 Å². The highest BCUT2D eigenvalue weighted by Crippen LogP contribution is 2.27. The first-order valence-electron chi connectivity index (χ1n) is 11.6. The van der Waals surface area contributed by atoms with Crippen molar-refractivity contribution < 1.29 is 13.2 Å². The summed E-state index contributed by atoms with van der Waals surface area (Å²) >= 11 is 6.18. The SMILES string of the molecule is Cc1cc(C)cc(NS(=O)(=O)c2cc(C(=O)N3CCN(c4cc(Cl)ccc4C)CC3)ccc2C)c1. The molecule has 1 fully saturated rings. The summed E-state index contributed by atoms with van der Waals surface area (Å²) in [6.07, 6.45) is 0. The highest BCUT2D eigenvalue weighted by Gasteiger charge is 2.25. The van der Waals surface area contributed by atoms with E-state index < -0.39 is 10.0 Å². The number of carbonyl (C=O) groups excluding carboxylic acids is 1. The van der Waals surface area contributed by atoms with E-state index in [0.717, 1.165) is 22.4 Å². The van der Waals surface area contributed by atoms with Crippen LogP contribution in [0.3, 0.4) is 0 Å². The van der Waals surface area contributed by atoms with Gasteiger partial charge in [-0.1, -0.05) is 29.8 Å². The predicted octanol–water partition coefficient (Wildman–Crippen LogP) is 5.34. The topological polar surface area (TPSA) is 69.7 Å². The number of benzene rings is 3. The van der Waals surface area contributed by atoms with Crippen molar-refractivity contribution in [1.29, 1.82) is 0 Å². The van der Waals surface area contributed by atoms with Crippen LogP contribution in [0, 0.1) is 27.7 Å². The van der Waals surface area contributed by atoms with Gasteiger partial charge in [-0.25, -0.2) is 8.42 Å². The molecule has 1 heterocycles. The molecule has 1 amide bonds. The lowest BCUT2D eigenvalue weighted by Gasteiger charge is -2.37. The number of sulfonamides is 1. The van der Waals surface area contributed by atoms with E-state index in [1.807, 2.05) is 45.0 Å². The minimum absolute atomic E-state index is 0.107. The number of nitrogens with zero attached hydrogens (tertiary/aromatic N) is 2. The molecule has 0 saturated carbocycles. The number of aryl methyl sites for hydroxylation is 4. The molecule has 0 aromatic heterocycles. The van der Waals surface area contributed by atoms with Gasteiger partial charge in [0.2, 0.25) is 0 Å². The molecule has 3 aromatic rings. The monoisotopic (exact) mass is 511 g/mol. The van der Waals surface area contributed by atoms with Crippen LogP contribution in [0.25, 0.3) is 0 Å². The predicted molar refractivity (Wildman–Crippen MR) is 142 cm³/mol. The van der Waals surface area contributed by atoms with Crippen molar-refractivity contribution in [2.45, 2.75) is 32.6 Å². The smallest absolute Gasteiger partial charge is 0.262 e. The van der Waals surface area contributed by atoms with Gasteiger partial charge in [-0.15, -0.1) is 0 Å². The molecule has 0 atom stereocenters. The van der Waals surface area contributed by atoms with Gasteiger partial charge in [0.25, 0.3) is 15.9 Å². The van der Waals surface area contributed by atoms with Gasteiger partial charge >= 0.3 is 0 Å². The van der Waals surface area contributed by atoms with Crippen molar-refractivity contribution in [1.82, 2.24) is 4.90 Å². The number of hydrogen-bond donors (Lipinski definition) is 1. The average molecular weight is 512 g/mol. The Labute approximate surface area is 212 Å². The van der Waals surface area contributed by atoms with Crippen molar-refractivity contribution >= 4 is 38.9 Å². The van der Waals surface area contributed by atoms with Gasteiger partial charge in [0.15, 0.2) is 0 Å². The van der Waals surface area contributed by atoms with Gasteiger partial charge in [-0.3, -0.25) is 9.52 Å². The maximum atomic E-state index is 13.3. The summed E-state index contributed by atoms with van der Waals surface area (Å²) in [5.41, 5.74) is 5.60. The van der Waals surface area contributed by atoms with Gasteiger partial charge in [-0.05, 0) is 86.3 Å². The number of piperazine rings is 1. The van der Waals surface area contributed by atoms with Gasteiger partial charge in [0.05, 0.1) is 4.90 Å². The molecule has 184 valence electrons. The summed E-state index contributed by atoms with van der Waals surface area (Å²) in [5, 5.41) is 0.687. The first-order chi connectivity index (χ1) is 16.5. The molecule has 1 saturated heterocycles. The summed E-state index contributed by atoms with van der Waals surface area (Å²) in [5.74, 6) is -0.171. The fourth-order valence-electron chi connectivity index (χ4n) is 4.52. The first-order valence-corrected chi connectivity index (χ1v) is 13.4. The zero-order valence-electron chi connectivity index (χ0n) is 20.4. The number of halogens is 1. The Morgan fingerprint density at radius 2 is 1.46 bits per heavy atom. The van der Waals surface area contributed by atoms with E-state index in [-0.39, 0.29) is 10.8 Å². The Morgan fingerprint density at radius 3 is 2.11 bits per heavy atom. The Bertz CT molecular complexity index is 1360. The van der Waals surface area contributed by atoms with Crippen molar-refractivity contribution in [3.8, 4) is 0 Å². The van der Waals surface area contributed by atoms with Crippen LogP contribution in [0.4, 0.5) is 11.4 Å². The second-order valence-electron chi connectivity index (χ2n) is 9.17. The summed E-state index contributed by atoms with van der Waals surface area (Å²) in [7, 11) is -3.86.